The number of hydrogen-bond acceptors (Lipinski definition) is 4. The fourth-order valence-corrected chi connectivity index (χ4v) is 2.85. The summed E-state index contributed by atoms with van der Waals surface area (Å²) in [6, 6.07) is 14.2. The first-order valence-corrected chi connectivity index (χ1v) is 8.39. The number of hydrogen-bond donors (Lipinski definition) is 1. The van der Waals surface area contributed by atoms with Gasteiger partial charge in [-0.2, -0.15) is 0 Å². The Hall–Kier alpha value is -3.15. The standard InChI is InChI=1S/C20H20N2O4/c1-13-3-7-17(8-4-13)22-12-15(11-19(22)24)20(25)26-18-9-5-16(6-10-18)21-14(2)23/h3-10,15H,11-12H2,1-2H3,(H,21,23). The van der Waals surface area contributed by atoms with Gasteiger partial charge in [0.25, 0.3) is 0 Å². The third-order valence-corrected chi connectivity index (χ3v) is 4.20. The Kier molecular flexibility index (Phi) is 5.02. The summed E-state index contributed by atoms with van der Waals surface area (Å²) >= 11 is 0. The summed E-state index contributed by atoms with van der Waals surface area (Å²) < 4.78 is 5.38. The molecule has 1 atom stereocenters. The number of anilines is 2. The van der Waals surface area contributed by atoms with Gasteiger partial charge in [0.15, 0.2) is 0 Å². The Morgan fingerprint density at radius 1 is 1.08 bits per heavy atom. The monoisotopic (exact) mass is 352 g/mol. The highest BCUT2D eigenvalue weighted by Gasteiger charge is 2.36. The summed E-state index contributed by atoms with van der Waals surface area (Å²) in [5, 5.41) is 2.64. The van der Waals surface area contributed by atoms with Crippen LogP contribution in [0, 0.1) is 12.8 Å². The third-order valence-electron chi connectivity index (χ3n) is 4.20. The summed E-state index contributed by atoms with van der Waals surface area (Å²) in [6.45, 7) is 3.71. The van der Waals surface area contributed by atoms with Gasteiger partial charge in [-0.15, -0.1) is 0 Å². The van der Waals surface area contributed by atoms with Gasteiger partial charge in [-0.25, -0.2) is 0 Å². The molecule has 2 amide bonds. The average molecular weight is 352 g/mol. The summed E-state index contributed by atoms with van der Waals surface area (Å²) in [4.78, 5) is 37.3. The largest absolute Gasteiger partial charge is 0.426 e. The zero-order chi connectivity index (χ0) is 18.7. The molecular formula is C20H20N2O4. The molecule has 1 aliphatic rings. The lowest BCUT2D eigenvalue weighted by molar-refractivity contribution is -0.139. The minimum atomic E-state index is -0.501. The second-order valence-electron chi connectivity index (χ2n) is 6.37. The molecule has 2 aromatic carbocycles. The topological polar surface area (TPSA) is 75.7 Å². The number of amides is 2. The van der Waals surface area contributed by atoms with E-state index < -0.39 is 11.9 Å². The second-order valence-corrected chi connectivity index (χ2v) is 6.37. The highest BCUT2D eigenvalue weighted by atomic mass is 16.5. The van der Waals surface area contributed by atoms with Gasteiger partial charge >= 0.3 is 5.97 Å². The van der Waals surface area contributed by atoms with Gasteiger partial charge in [0.1, 0.15) is 5.75 Å². The first-order chi connectivity index (χ1) is 12.4. The molecule has 1 unspecified atom stereocenters. The van der Waals surface area contributed by atoms with Gasteiger partial charge in [0.05, 0.1) is 5.92 Å². The number of ether oxygens (including phenoxy) is 1. The van der Waals surface area contributed by atoms with E-state index in [0.29, 0.717) is 18.0 Å². The first-order valence-electron chi connectivity index (χ1n) is 8.39. The minimum Gasteiger partial charge on any atom is -0.426 e. The number of aryl methyl sites for hydroxylation is 1. The van der Waals surface area contributed by atoms with E-state index in [1.54, 1.807) is 29.2 Å². The van der Waals surface area contributed by atoms with Crippen molar-refractivity contribution >= 4 is 29.2 Å². The molecule has 0 radical (unpaired) electrons. The van der Waals surface area contributed by atoms with Crippen molar-refractivity contribution in [2.45, 2.75) is 20.3 Å². The van der Waals surface area contributed by atoms with Crippen LogP contribution in [-0.2, 0) is 14.4 Å². The van der Waals surface area contributed by atoms with Gasteiger partial charge < -0.3 is 15.0 Å². The molecule has 134 valence electrons. The van der Waals surface area contributed by atoms with Crippen LogP contribution in [0.25, 0.3) is 0 Å². The molecule has 26 heavy (non-hydrogen) atoms. The van der Waals surface area contributed by atoms with Crippen molar-refractivity contribution in [2.24, 2.45) is 5.92 Å². The van der Waals surface area contributed by atoms with E-state index in [1.165, 1.54) is 6.92 Å². The van der Waals surface area contributed by atoms with E-state index in [4.69, 9.17) is 4.74 Å². The lowest BCUT2D eigenvalue weighted by Crippen LogP contribution is -2.27. The summed E-state index contributed by atoms with van der Waals surface area (Å²) in [6.07, 6.45) is 0.136. The second kappa shape index (κ2) is 7.39. The highest BCUT2D eigenvalue weighted by molar-refractivity contribution is 5.99. The Balaban J connectivity index is 1.62. The maximum Gasteiger partial charge on any atom is 0.316 e. The van der Waals surface area contributed by atoms with Crippen molar-refractivity contribution in [1.82, 2.24) is 0 Å². The van der Waals surface area contributed by atoms with Crippen LogP contribution in [0.1, 0.15) is 18.9 Å². The molecule has 1 N–H and O–H groups in total. The van der Waals surface area contributed by atoms with Crippen LogP contribution in [0.4, 0.5) is 11.4 Å². The normalized spacial score (nSPS) is 16.5. The number of nitrogens with one attached hydrogen (secondary N) is 1. The van der Waals surface area contributed by atoms with Crippen LogP contribution in [0.5, 0.6) is 5.75 Å². The molecule has 1 aliphatic heterocycles. The van der Waals surface area contributed by atoms with Crippen molar-refractivity contribution in [2.75, 3.05) is 16.8 Å². The Bertz CT molecular complexity index is 828. The molecule has 2 aromatic rings. The van der Waals surface area contributed by atoms with Crippen LogP contribution in [-0.4, -0.2) is 24.3 Å². The molecule has 6 nitrogen and oxygen atoms in total. The molecular weight excluding hydrogens is 332 g/mol. The van der Waals surface area contributed by atoms with Crippen LogP contribution >= 0.6 is 0 Å². The van der Waals surface area contributed by atoms with Crippen molar-refractivity contribution in [3.05, 3.63) is 54.1 Å². The summed E-state index contributed by atoms with van der Waals surface area (Å²) in [7, 11) is 0. The van der Waals surface area contributed by atoms with Crippen molar-refractivity contribution < 1.29 is 19.1 Å². The number of carbonyl (C=O) groups excluding carboxylic acids is 3. The van der Waals surface area contributed by atoms with E-state index in [0.717, 1.165) is 11.3 Å². The average Bonchev–Trinajstić information content (AvgIpc) is 2.99. The molecule has 1 heterocycles. The van der Waals surface area contributed by atoms with Crippen LogP contribution in [0.15, 0.2) is 48.5 Å². The molecule has 6 heteroatoms. The molecule has 0 aliphatic carbocycles. The van der Waals surface area contributed by atoms with E-state index >= 15 is 0 Å². The van der Waals surface area contributed by atoms with Crippen LogP contribution in [0.2, 0.25) is 0 Å². The first kappa shape index (κ1) is 17.7. The third kappa shape index (κ3) is 4.08. The summed E-state index contributed by atoms with van der Waals surface area (Å²) in [5.74, 6) is -0.809. The van der Waals surface area contributed by atoms with Crippen LogP contribution in [0.3, 0.4) is 0 Å². The number of nitrogens with zero attached hydrogens (tertiary/aromatic N) is 1. The molecule has 0 aromatic heterocycles. The molecule has 0 spiro atoms. The fourth-order valence-electron chi connectivity index (χ4n) is 2.85. The maximum atomic E-state index is 12.4. The fraction of sp³-hybridized carbons (Fsp3) is 0.250. The molecule has 0 bridgehead atoms. The van der Waals surface area contributed by atoms with Crippen molar-refractivity contribution in [3.8, 4) is 5.75 Å². The predicted octanol–water partition coefficient (Wildman–Crippen LogP) is 2.91. The Morgan fingerprint density at radius 3 is 2.35 bits per heavy atom. The van der Waals surface area contributed by atoms with E-state index in [1.807, 2.05) is 31.2 Å². The van der Waals surface area contributed by atoms with E-state index in [-0.39, 0.29) is 18.2 Å². The Morgan fingerprint density at radius 2 is 1.73 bits per heavy atom. The SMILES string of the molecule is CC(=O)Nc1ccc(OC(=O)C2CC(=O)N(c3ccc(C)cc3)C2)cc1. The van der Waals surface area contributed by atoms with Crippen molar-refractivity contribution in [3.63, 3.8) is 0 Å². The smallest absolute Gasteiger partial charge is 0.316 e. The zero-order valence-electron chi connectivity index (χ0n) is 14.7. The van der Waals surface area contributed by atoms with E-state index in [2.05, 4.69) is 5.32 Å². The number of carbonyl (C=O) groups is 3. The quantitative estimate of drug-likeness (QED) is 0.678. The molecule has 1 fully saturated rings. The predicted molar refractivity (Wildman–Crippen MR) is 98.0 cm³/mol. The maximum absolute atomic E-state index is 12.4. The lowest BCUT2D eigenvalue weighted by atomic mass is 10.1. The molecule has 0 saturated carbocycles. The minimum absolute atomic E-state index is 0.0863. The van der Waals surface area contributed by atoms with Gasteiger partial charge in [-0.3, -0.25) is 14.4 Å². The van der Waals surface area contributed by atoms with Gasteiger partial charge in [-0.1, -0.05) is 17.7 Å². The molecule has 1 saturated heterocycles. The van der Waals surface area contributed by atoms with E-state index in [9.17, 15) is 14.4 Å². The van der Waals surface area contributed by atoms with Crippen LogP contribution < -0.4 is 15.0 Å². The van der Waals surface area contributed by atoms with Gasteiger partial charge in [-0.05, 0) is 43.3 Å². The number of rotatable bonds is 4. The number of benzene rings is 2. The lowest BCUT2D eigenvalue weighted by Gasteiger charge is -2.16. The highest BCUT2D eigenvalue weighted by Crippen LogP contribution is 2.27. The molecule has 3 rings (SSSR count). The Labute approximate surface area is 151 Å². The van der Waals surface area contributed by atoms with Crippen molar-refractivity contribution in [1.29, 1.82) is 0 Å². The van der Waals surface area contributed by atoms with Gasteiger partial charge in [0.2, 0.25) is 11.8 Å². The summed E-state index contributed by atoms with van der Waals surface area (Å²) in [5.41, 5.74) is 2.52. The zero-order valence-corrected chi connectivity index (χ0v) is 14.7. The number of esters is 1. The van der Waals surface area contributed by atoms with Gasteiger partial charge in [0, 0.05) is 31.3 Å².